The average Bonchev–Trinajstić information content (AvgIpc) is 3.07. The van der Waals surface area contributed by atoms with Crippen LogP contribution in [0.15, 0.2) is 133 Å². The zero-order chi connectivity index (χ0) is 30.6. The lowest BCUT2D eigenvalue weighted by atomic mass is 10.1. The highest BCUT2D eigenvalue weighted by atomic mass is 16.5. The predicted octanol–water partition coefficient (Wildman–Crippen LogP) is 6.85. The number of benzene rings is 5. The van der Waals surface area contributed by atoms with E-state index in [0.717, 1.165) is 28.0 Å². The van der Waals surface area contributed by atoms with Crippen LogP contribution in [0.5, 0.6) is 17.2 Å². The number of ether oxygens (including phenoxy) is 3. The maximum Gasteiger partial charge on any atom is 0.326 e. The number of amides is 1. The van der Waals surface area contributed by atoms with Crippen molar-refractivity contribution in [1.82, 2.24) is 5.32 Å². The van der Waals surface area contributed by atoms with Crippen molar-refractivity contribution in [1.29, 1.82) is 0 Å². The van der Waals surface area contributed by atoms with E-state index in [1.807, 2.05) is 84.9 Å². The number of aliphatic carboxylic acids is 1. The molecule has 0 bridgehead atoms. The molecular weight excluding hydrogens is 554 g/mol. The monoisotopic (exact) mass is 587 g/mol. The van der Waals surface area contributed by atoms with Crippen molar-refractivity contribution in [2.24, 2.45) is 0 Å². The minimum absolute atomic E-state index is 0.124. The number of rotatable bonds is 14. The van der Waals surface area contributed by atoms with Crippen molar-refractivity contribution in [2.75, 3.05) is 0 Å². The molecule has 5 aromatic carbocycles. The molecule has 0 spiro atoms. The normalized spacial score (nSPS) is 11.3. The fourth-order valence-electron chi connectivity index (χ4n) is 4.50. The summed E-state index contributed by atoms with van der Waals surface area (Å²) in [4.78, 5) is 25.0. The zero-order valence-corrected chi connectivity index (χ0v) is 24.1. The van der Waals surface area contributed by atoms with Crippen LogP contribution in [0.1, 0.15) is 32.6 Å². The van der Waals surface area contributed by atoms with Crippen molar-refractivity contribution in [3.05, 3.63) is 161 Å². The highest BCUT2D eigenvalue weighted by molar-refractivity contribution is 5.97. The summed E-state index contributed by atoms with van der Waals surface area (Å²) in [7, 11) is 0. The molecule has 222 valence electrons. The molecule has 7 heteroatoms. The Labute approximate surface area is 256 Å². The van der Waals surface area contributed by atoms with Gasteiger partial charge in [-0.1, -0.05) is 91.0 Å². The van der Waals surface area contributed by atoms with E-state index >= 15 is 0 Å². The van der Waals surface area contributed by atoms with E-state index in [9.17, 15) is 14.7 Å². The molecule has 5 aromatic rings. The lowest BCUT2D eigenvalue weighted by Crippen LogP contribution is -2.42. The Morgan fingerprint density at radius 2 is 1.07 bits per heavy atom. The van der Waals surface area contributed by atoms with Crippen molar-refractivity contribution in [3.8, 4) is 17.2 Å². The van der Waals surface area contributed by atoms with Gasteiger partial charge >= 0.3 is 5.97 Å². The van der Waals surface area contributed by atoms with Crippen LogP contribution in [0.4, 0.5) is 0 Å². The molecule has 7 nitrogen and oxygen atoms in total. The molecule has 0 unspecified atom stereocenters. The number of hydrogen-bond donors (Lipinski definition) is 2. The summed E-state index contributed by atoms with van der Waals surface area (Å²) >= 11 is 0. The van der Waals surface area contributed by atoms with Crippen molar-refractivity contribution >= 4 is 11.9 Å². The van der Waals surface area contributed by atoms with Crippen molar-refractivity contribution < 1.29 is 28.9 Å². The fraction of sp³-hybridized carbons (Fsp3) is 0.135. The first-order valence-electron chi connectivity index (χ1n) is 14.3. The van der Waals surface area contributed by atoms with Crippen LogP contribution in [0, 0.1) is 0 Å². The van der Waals surface area contributed by atoms with Gasteiger partial charge in [0.05, 0.1) is 0 Å². The Morgan fingerprint density at radius 3 is 1.68 bits per heavy atom. The molecule has 2 N–H and O–H groups in total. The molecule has 0 aliphatic heterocycles. The summed E-state index contributed by atoms with van der Waals surface area (Å²) < 4.78 is 17.7. The van der Waals surface area contributed by atoms with Gasteiger partial charge in [-0.2, -0.15) is 0 Å². The lowest BCUT2D eigenvalue weighted by molar-refractivity contribution is -0.139. The Morgan fingerprint density at radius 1 is 0.545 bits per heavy atom. The molecule has 44 heavy (non-hydrogen) atoms. The average molecular weight is 588 g/mol. The molecule has 0 heterocycles. The topological polar surface area (TPSA) is 94.1 Å². The third-order valence-electron chi connectivity index (χ3n) is 6.86. The minimum Gasteiger partial charge on any atom is -0.489 e. The number of nitrogens with one attached hydrogen (secondary N) is 1. The van der Waals surface area contributed by atoms with Crippen molar-refractivity contribution in [3.63, 3.8) is 0 Å². The first-order valence-corrected chi connectivity index (χ1v) is 14.3. The van der Waals surface area contributed by atoms with Crippen LogP contribution in [-0.4, -0.2) is 23.0 Å². The first kappa shape index (κ1) is 29.9. The molecular formula is C37H33NO6. The van der Waals surface area contributed by atoms with Gasteiger partial charge < -0.3 is 24.6 Å². The Balaban J connectivity index is 1.13. The predicted molar refractivity (Wildman–Crippen MR) is 168 cm³/mol. The van der Waals surface area contributed by atoms with E-state index in [1.54, 1.807) is 48.5 Å². The highest BCUT2D eigenvalue weighted by Gasteiger charge is 2.21. The van der Waals surface area contributed by atoms with Crippen LogP contribution >= 0.6 is 0 Å². The lowest BCUT2D eigenvalue weighted by Gasteiger charge is -2.16. The van der Waals surface area contributed by atoms with E-state index in [4.69, 9.17) is 14.2 Å². The summed E-state index contributed by atoms with van der Waals surface area (Å²) in [5.41, 5.74) is 4.11. The maximum atomic E-state index is 13.0. The molecule has 0 aromatic heterocycles. The number of carboxylic acid groups (broad SMARTS) is 1. The van der Waals surface area contributed by atoms with Crippen LogP contribution in [0.2, 0.25) is 0 Å². The van der Waals surface area contributed by atoms with E-state index in [-0.39, 0.29) is 13.0 Å². The smallest absolute Gasteiger partial charge is 0.326 e. The second-order valence-corrected chi connectivity index (χ2v) is 10.2. The summed E-state index contributed by atoms with van der Waals surface area (Å²) in [6.07, 6.45) is 0.124. The third-order valence-corrected chi connectivity index (χ3v) is 6.86. The summed E-state index contributed by atoms with van der Waals surface area (Å²) in [5.74, 6) is 0.284. The van der Waals surface area contributed by atoms with Crippen LogP contribution in [-0.2, 0) is 31.0 Å². The van der Waals surface area contributed by atoms with Gasteiger partial charge in [0.2, 0.25) is 0 Å². The summed E-state index contributed by atoms with van der Waals surface area (Å²) in [5, 5.41) is 12.4. The molecule has 0 aliphatic carbocycles. The van der Waals surface area contributed by atoms with Gasteiger partial charge in [-0.3, -0.25) is 4.79 Å². The molecule has 1 amide bonds. The van der Waals surface area contributed by atoms with Crippen LogP contribution in [0.3, 0.4) is 0 Å². The van der Waals surface area contributed by atoms with E-state index in [0.29, 0.717) is 30.3 Å². The first-order chi connectivity index (χ1) is 21.5. The quantitative estimate of drug-likeness (QED) is 0.148. The van der Waals surface area contributed by atoms with Gasteiger partial charge in [-0.25, -0.2) is 4.79 Å². The van der Waals surface area contributed by atoms with Crippen LogP contribution in [0.25, 0.3) is 0 Å². The van der Waals surface area contributed by atoms with E-state index in [1.165, 1.54) is 0 Å². The molecule has 5 rings (SSSR count). The van der Waals surface area contributed by atoms with E-state index in [2.05, 4.69) is 5.32 Å². The zero-order valence-electron chi connectivity index (χ0n) is 24.1. The number of carbonyl (C=O) groups is 2. The molecule has 0 saturated carbocycles. The van der Waals surface area contributed by atoms with Crippen LogP contribution < -0.4 is 19.5 Å². The fourth-order valence-corrected chi connectivity index (χ4v) is 4.50. The summed E-state index contributed by atoms with van der Waals surface area (Å²) in [6.45, 7) is 1.18. The maximum absolute atomic E-state index is 13.0. The van der Waals surface area contributed by atoms with Gasteiger partial charge in [-0.15, -0.1) is 0 Å². The summed E-state index contributed by atoms with van der Waals surface area (Å²) in [6, 6.07) is 40.2. The second kappa shape index (κ2) is 15.1. The molecule has 0 saturated heterocycles. The number of carbonyl (C=O) groups excluding carboxylic acids is 1. The molecule has 0 fully saturated rings. The Bertz CT molecular complexity index is 1660. The molecule has 0 aliphatic rings. The van der Waals surface area contributed by atoms with Gasteiger partial charge in [0.25, 0.3) is 5.91 Å². The highest BCUT2D eigenvalue weighted by Crippen LogP contribution is 2.20. The second-order valence-electron chi connectivity index (χ2n) is 10.2. The van der Waals surface area contributed by atoms with Gasteiger partial charge in [0.15, 0.2) is 0 Å². The van der Waals surface area contributed by atoms with Gasteiger partial charge in [0, 0.05) is 12.0 Å². The molecule has 1 atom stereocenters. The Kier molecular flexibility index (Phi) is 10.2. The van der Waals surface area contributed by atoms with E-state index < -0.39 is 17.9 Å². The minimum atomic E-state index is -1.12. The SMILES string of the molecule is O=C(N[C@@H](Cc1ccc(OCc2ccccc2)cc1)C(=O)O)c1cccc(OCc2cccc(OCc3ccccc3)c2)c1. The third kappa shape index (κ3) is 8.97. The van der Waals surface area contributed by atoms with Crippen molar-refractivity contribution in [2.45, 2.75) is 32.3 Å². The standard InChI is InChI=1S/C37H33NO6/c39-36(38-35(37(40)41)22-27-17-19-32(20-18-27)42-24-28-9-3-1-4-10-28)31-14-8-16-34(23-31)44-26-30-13-7-15-33(21-30)43-25-29-11-5-2-6-12-29/h1-21,23,35H,22,24-26H2,(H,38,39)(H,40,41)/t35-/m0/s1. The van der Waals surface area contributed by atoms with Gasteiger partial charge in [-0.05, 0) is 64.7 Å². The number of hydrogen-bond acceptors (Lipinski definition) is 5. The van der Waals surface area contributed by atoms with Gasteiger partial charge in [0.1, 0.15) is 43.1 Å². The molecule has 0 radical (unpaired) electrons. The Hall–Kier alpha value is -5.56. The number of carboxylic acids is 1. The largest absolute Gasteiger partial charge is 0.489 e.